The fourth-order valence-corrected chi connectivity index (χ4v) is 2.38. The second kappa shape index (κ2) is 8.21. The highest BCUT2D eigenvalue weighted by molar-refractivity contribution is 5.89. The molecule has 3 N–H and O–H groups in total. The molecule has 0 aliphatic heterocycles. The fraction of sp³-hybridized carbons (Fsp3) is 0.222. The summed E-state index contributed by atoms with van der Waals surface area (Å²) in [5.41, 5.74) is 6.29. The minimum Gasteiger partial charge on any atom is -0.368 e. The largest absolute Gasteiger partial charge is 0.368 e. The summed E-state index contributed by atoms with van der Waals surface area (Å²) in [5.74, 6) is -1.71. The predicted octanol–water partition coefficient (Wildman–Crippen LogP) is 1.73. The van der Waals surface area contributed by atoms with E-state index >= 15 is 0 Å². The lowest BCUT2D eigenvalue weighted by atomic mass is 10.0. The number of nitrogens with one attached hydrogen (secondary N) is 1. The topological polar surface area (TPSA) is 81.4 Å². The maximum atomic E-state index is 13.8. The first-order chi connectivity index (χ1) is 11.5. The van der Waals surface area contributed by atoms with Gasteiger partial charge in [-0.2, -0.15) is 0 Å². The van der Waals surface area contributed by atoms with Crippen molar-refractivity contribution in [2.24, 2.45) is 5.73 Å². The molecule has 0 unspecified atom stereocenters. The van der Waals surface area contributed by atoms with E-state index in [0.717, 1.165) is 0 Å². The minimum atomic E-state index is -1.03. The van der Waals surface area contributed by atoms with E-state index < -0.39 is 29.8 Å². The molecular weight excluding hydrogens is 311 g/mol. The first kappa shape index (κ1) is 17.6. The van der Waals surface area contributed by atoms with Gasteiger partial charge >= 0.3 is 0 Å². The van der Waals surface area contributed by atoms with Gasteiger partial charge in [0.2, 0.25) is 5.91 Å². The molecule has 0 heterocycles. The Kier molecular flexibility index (Phi) is 6.03. The Morgan fingerprint density at radius 1 is 1.12 bits per heavy atom. The van der Waals surface area contributed by atoms with Crippen molar-refractivity contribution < 1.29 is 18.7 Å². The van der Waals surface area contributed by atoms with E-state index in [1.807, 2.05) is 6.07 Å². The smallest absolute Gasteiger partial charge is 0.254 e. The number of halogens is 1. The summed E-state index contributed by atoms with van der Waals surface area (Å²) < 4.78 is 19.0. The Hall–Kier alpha value is -2.73. The fourth-order valence-electron chi connectivity index (χ4n) is 2.38. The van der Waals surface area contributed by atoms with Gasteiger partial charge in [0.1, 0.15) is 11.9 Å². The van der Waals surface area contributed by atoms with Crippen LogP contribution in [0.25, 0.3) is 0 Å². The van der Waals surface area contributed by atoms with Crippen molar-refractivity contribution in [1.82, 2.24) is 5.32 Å². The summed E-state index contributed by atoms with van der Waals surface area (Å²) in [7, 11) is 1.40. The molecule has 0 aromatic heterocycles. The van der Waals surface area contributed by atoms with E-state index in [4.69, 9.17) is 10.5 Å². The zero-order valence-corrected chi connectivity index (χ0v) is 13.2. The number of rotatable bonds is 7. The van der Waals surface area contributed by atoms with Crippen LogP contribution in [0.3, 0.4) is 0 Å². The lowest BCUT2D eigenvalue weighted by Gasteiger charge is -2.20. The van der Waals surface area contributed by atoms with Crippen LogP contribution in [0.1, 0.15) is 17.2 Å². The third-order valence-corrected chi connectivity index (χ3v) is 3.62. The van der Waals surface area contributed by atoms with Gasteiger partial charge in [-0.3, -0.25) is 9.59 Å². The van der Waals surface area contributed by atoms with Crippen LogP contribution >= 0.6 is 0 Å². The van der Waals surface area contributed by atoms with E-state index in [2.05, 4.69) is 5.32 Å². The highest BCUT2D eigenvalue weighted by atomic mass is 19.1. The van der Waals surface area contributed by atoms with Gasteiger partial charge in [0.25, 0.3) is 5.91 Å². The second-order valence-corrected chi connectivity index (χ2v) is 5.29. The van der Waals surface area contributed by atoms with Crippen LogP contribution in [0.5, 0.6) is 0 Å². The molecule has 0 saturated carbocycles. The minimum absolute atomic E-state index is 0.0288. The van der Waals surface area contributed by atoms with Gasteiger partial charge < -0.3 is 15.8 Å². The summed E-state index contributed by atoms with van der Waals surface area (Å²) in [4.78, 5) is 24.1. The molecule has 2 aromatic rings. The molecule has 0 spiro atoms. The summed E-state index contributed by atoms with van der Waals surface area (Å²) in [6.45, 7) is 0. The number of amides is 2. The summed E-state index contributed by atoms with van der Waals surface area (Å²) in [6.07, 6.45) is -0.910. The van der Waals surface area contributed by atoms with Crippen LogP contribution in [0.15, 0.2) is 54.6 Å². The number of carbonyl (C=O) groups excluding carboxylic acids is 2. The highest BCUT2D eigenvalue weighted by Gasteiger charge is 2.26. The quantitative estimate of drug-likeness (QED) is 0.811. The maximum Gasteiger partial charge on any atom is 0.254 e. The zero-order valence-electron chi connectivity index (χ0n) is 13.2. The third kappa shape index (κ3) is 4.39. The molecule has 0 radical (unpaired) electrons. The van der Waals surface area contributed by atoms with Gasteiger partial charge in [-0.25, -0.2) is 4.39 Å². The number of hydrogen-bond acceptors (Lipinski definition) is 3. The number of benzene rings is 2. The molecular formula is C18H19FN2O3. The summed E-state index contributed by atoms with van der Waals surface area (Å²) >= 11 is 0. The Morgan fingerprint density at radius 2 is 1.75 bits per heavy atom. The van der Waals surface area contributed by atoms with E-state index in [-0.39, 0.29) is 6.42 Å². The van der Waals surface area contributed by atoms with E-state index in [1.165, 1.54) is 13.2 Å². The maximum absolute atomic E-state index is 13.8. The monoisotopic (exact) mass is 330 g/mol. The molecule has 2 rings (SSSR count). The number of carbonyl (C=O) groups is 2. The molecule has 0 bridgehead atoms. The molecule has 2 aromatic carbocycles. The van der Waals surface area contributed by atoms with E-state index in [0.29, 0.717) is 11.1 Å². The molecule has 0 aliphatic carbocycles. The van der Waals surface area contributed by atoms with Crippen molar-refractivity contribution >= 4 is 11.8 Å². The normalized spacial score (nSPS) is 13.1. The number of ether oxygens (including phenoxy) is 1. The number of methoxy groups -OCH3 is 1. The average Bonchev–Trinajstić information content (AvgIpc) is 2.57. The van der Waals surface area contributed by atoms with Crippen LogP contribution in [-0.2, 0) is 20.7 Å². The van der Waals surface area contributed by atoms with Crippen LogP contribution in [0.2, 0.25) is 0 Å². The van der Waals surface area contributed by atoms with Gasteiger partial charge in [0, 0.05) is 13.5 Å². The molecule has 24 heavy (non-hydrogen) atoms. The van der Waals surface area contributed by atoms with Crippen molar-refractivity contribution in [3.05, 3.63) is 71.5 Å². The lowest BCUT2D eigenvalue weighted by molar-refractivity contribution is -0.134. The molecule has 5 nitrogen and oxygen atoms in total. The third-order valence-electron chi connectivity index (χ3n) is 3.62. The van der Waals surface area contributed by atoms with Crippen molar-refractivity contribution in [1.29, 1.82) is 0 Å². The molecule has 6 heteroatoms. The Morgan fingerprint density at radius 3 is 2.33 bits per heavy atom. The van der Waals surface area contributed by atoms with Gasteiger partial charge in [-0.15, -0.1) is 0 Å². The average molecular weight is 330 g/mol. The van der Waals surface area contributed by atoms with Crippen LogP contribution in [-0.4, -0.2) is 25.0 Å². The number of nitrogens with two attached hydrogens (primary N) is 1. The molecule has 2 atom stereocenters. The standard InChI is InChI=1S/C18H19FN2O3/c1-24-16(12-7-3-2-4-8-12)18(23)21-15(17(20)22)11-13-9-5-6-10-14(13)19/h2-10,15-16H,11H2,1H3,(H2,20,22)(H,21,23)/t15-,16+/m1/s1. The summed E-state index contributed by atoms with van der Waals surface area (Å²) in [6, 6.07) is 13.9. The van der Waals surface area contributed by atoms with Gasteiger partial charge in [0.15, 0.2) is 6.10 Å². The van der Waals surface area contributed by atoms with Crippen molar-refractivity contribution in [2.75, 3.05) is 7.11 Å². The van der Waals surface area contributed by atoms with Crippen LogP contribution in [0.4, 0.5) is 4.39 Å². The van der Waals surface area contributed by atoms with Crippen molar-refractivity contribution in [3.8, 4) is 0 Å². The molecule has 2 amide bonds. The van der Waals surface area contributed by atoms with Gasteiger partial charge in [0.05, 0.1) is 0 Å². The first-order valence-electron chi connectivity index (χ1n) is 7.43. The Balaban J connectivity index is 2.13. The lowest BCUT2D eigenvalue weighted by Crippen LogP contribution is -2.47. The van der Waals surface area contributed by atoms with Crippen molar-refractivity contribution in [2.45, 2.75) is 18.6 Å². The Bertz CT molecular complexity index is 706. The molecule has 0 aliphatic rings. The molecule has 126 valence electrons. The second-order valence-electron chi connectivity index (χ2n) is 5.29. The molecule has 0 fully saturated rings. The van der Waals surface area contributed by atoms with E-state index in [1.54, 1.807) is 42.5 Å². The van der Waals surface area contributed by atoms with Gasteiger partial charge in [-0.05, 0) is 17.2 Å². The van der Waals surface area contributed by atoms with Crippen LogP contribution in [0, 0.1) is 5.82 Å². The van der Waals surface area contributed by atoms with E-state index in [9.17, 15) is 14.0 Å². The SMILES string of the molecule is CO[C@H](C(=O)N[C@H](Cc1ccccc1F)C(N)=O)c1ccccc1. The Labute approximate surface area is 139 Å². The first-order valence-corrected chi connectivity index (χ1v) is 7.43. The molecule has 0 saturated heterocycles. The zero-order chi connectivity index (χ0) is 17.5. The van der Waals surface area contributed by atoms with Crippen LogP contribution < -0.4 is 11.1 Å². The number of hydrogen-bond donors (Lipinski definition) is 2. The number of primary amides is 1. The highest BCUT2D eigenvalue weighted by Crippen LogP contribution is 2.17. The van der Waals surface area contributed by atoms with Gasteiger partial charge in [-0.1, -0.05) is 48.5 Å². The predicted molar refractivity (Wildman–Crippen MR) is 87.4 cm³/mol. The summed E-state index contributed by atoms with van der Waals surface area (Å²) in [5, 5.41) is 2.54. The van der Waals surface area contributed by atoms with Crippen molar-refractivity contribution in [3.63, 3.8) is 0 Å².